The van der Waals surface area contributed by atoms with E-state index < -0.39 is 0 Å². The molecule has 10 heavy (non-hydrogen) atoms. The Hall–Kier alpha value is 0.920. The van der Waals surface area contributed by atoms with Crippen LogP contribution in [0.15, 0.2) is 0 Å². The highest BCUT2D eigenvalue weighted by Gasteiger charge is 2.36. The first-order valence-corrected chi connectivity index (χ1v) is 5.77. The van der Waals surface area contributed by atoms with Crippen LogP contribution in [0.1, 0.15) is 12.8 Å². The second-order valence-electron chi connectivity index (χ2n) is 2.87. The van der Waals surface area contributed by atoms with E-state index in [0.717, 1.165) is 23.9 Å². The Kier molecular flexibility index (Phi) is 3.67. The molecule has 0 aromatic rings. The summed E-state index contributed by atoms with van der Waals surface area (Å²) in [7, 11) is 0. The molecule has 0 bridgehead atoms. The van der Waals surface area contributed by atoms with E-state index in [0.29, 0.717) is 5.41 Å². The van der Waals surface area contributed by atoms with Gasteiger partial charge in [0.1, 0.15) is 0 Å². The van der Waals surface area contributed by atoms with E-state index in [1.165, 1.54) is 12.8 Å². The van der Waals surface area contributed by atoms with Crippen LogP contribution in [-0.4, -0.2) is 23.9 Å². The maximum absolute atomic E-state index is 5.20. The fourth-order valence-corrected chi connectivity index (χ4v) is 2.89. The Morgan fingerprint density at radius 2 is 1.60 bits per heavy atom. The highest BCUT2D eigenvalue weighted by atomic mass is 79.9. The lowest BCUT2D eigenvalue weighted by atomic mass is 9.81. The van der Waals surface area contributed by atoms with Gasteiger partial charge in [-0.3, -0.25) is 0 Å². The lowest BCUT2D eigenvalue weighted by Gasteiger charge is -2.41. The molecule has 1 nitrogen and oxygen atoms in total. The SMILES string of the molecule is BrCCC1(CCBr)COC1. The summed E-state index contributed by atoms with van der Waals surface area (Å²) < 4.78 is 5.20. The van der Waals surface area contributed by atoms with E-state index >= 15 is 0 Å². The van der Waals surface area contributed by atoms with Gasteiger partial charge in [0.15, 0.2) is 0 Å². The van der Waals surface area contributed by atoms with Gasteiger partial charge in [-0.15, -0.1) is 0 Å². The predicted molar refractivity (Wildman–Crippen MR) is 50.1 cm³/mol. The van der Waals surface area contributed by atoms with E-state index in [-0.39, 0.29) is 0 Å². The van der Waals surface area contributed by atoms with E-state index in [2.05, 4.69) is 31.9 Å². The summed E-state index contributed by atoms with van der Waals surface area (Å²) in [5.41, 5.74) is 0.507. The second-order valence-corrected chi connectivity index (χ2v) is 4.46. The zero-order valence-electron chi connectivity index (χ0n) is 5.91. The third-order valence-corrected chi connectivity index (χ3v) is 2.86. The first-order chi connectivity index (χ1) is 4.83. The second kappa shape index (κ2) is 4.07. The first kappa shape index (κ1) is 9.01. The molecule has 0 radical (unpaired) electrons. The van der Waals surface area contributed by atoms with Gasteiger partial charge in [0, 0.05) is 16.1 Å². The predicted octanol–water partition coefficient (Wildman–Crippen LogP) is 2.57. The first-order valence-electron chi connectivity index (χ1n) is 3.53. The van der Waals surface area contributed by atoms with E-state index in [9.17, 15) is 0 Å². The molecule has 1 saturated heterocycles. The van der Waals surface area contributed by atoms with E-state index in [4.69, 9.17) is 4.74 Å². The Bertz CT molecular complexity index is 93.8. The molecule has 1 aliphatic rings. The van der Waals surface area contributed by atoms with Crippen molar-refractivity contribution in [3.05, 3.63) is 0 Å². The highest BCUT2D eigenvalue weighted by Crippen LogP contribution is 2.36. The van der Waals surface area contributed by atoms with Crippen LogP contribution in [0, 0.1) is 5.41 Å². The van der Waals surface area contributed by atoms with Crippen LogP contribution in [0.3, 0.4) is 0 Å². The summed E-state index contributed by atoms with van der Waals surface area (Å²) in [6.45, 7) is 1.92. The molecule has 0 aromatic carbocycles. The molecule has 0 saturated carbocycles. The largest absolute Gasteiger partial charge is 0.380 e. The number of rotatable bonds is 4. The van der Waals surface area contributed by atoms with Gasteiger partial charge in [0.05, 0.1) is 13.2 Å². The Morgan fingerprint density at radius 1 is 1.10 bits per heavy atom. The molecule has 0 N–H and O–H groups in total. The minimum atomic E-state index is 0.507. The Morgan fingerprint density at radius 3 is 1.80 bits per heavy atom. The van der Waals surface area contributed by atoms with E-state index in [1.54, 1.807) is 0 Å². The molecule has 0 atom stereocenters. The molecule has 60 valence electrons. The maximum atomic E-state index is 5.20. The van der Waals surface area contributed by atoms with Crippen molar-refractivity contribution in [2.24, 2.45) is 5.41 Å². The molecule has 0 aliphatic carbocycles. The standard InChI is InChI=1S/C7H12Br2O/c8-3-1-7(2-4-9)5-10-6-7/h1-6H2. The van der Waals surface area contributed by atoms with Crippen molar-refractivity contribution in [2.75, 3.05) is 23.9 Å². The molecule has 1 heterocycles. The molecule has 1 rings (SSSR count). The third-order valence-electron chi connectivity index (χ3n) is 2.07. The Labute approximate surface area is 78.8 Å². The molecule has 0 unspecified atom stereocenters. The summed E-state index contributed by atoms with van der Waals surface area (Å²) in [5, 5.41) is 2.20. The minimum absolute atomic E-state index is 0.507. The van der Waals surface area contributed by atoms with Crippen molar-refractivity contribution in [3.8, 4) is 0 Å². The summed E-state index contributed by atoms with van der Waals surface area (Å²) in [4.78, 5) is 0. The van der Waals surface area contributed by atoms with Crippen LogP contribution in [0.2, 0.25) is 0 Å². The van der Waals surface area contributed by atoms with Gasteiger partial charge in [-0.25, -0.2) is 0 Å². The van der Waals surface area contributed by atoms with Gasteiger partial charge in [-0.2, -0.15) is 0 Å². The molecule has 3 heteroatoms. The number of hydrogen-bond donors (Lipinski definition) is 0. The van der Waals surface area contributed by atoms with Crippen molar-refractivity contribution in [3.63, 3.8) is 0 Å². The van der Waals surface area contributed by atoms with Crippen molar-refractivity contribution >= 4 is 31.9 Å². The molecule has 1 fully saturated rings. The van der Waals surface area contributed by atoms with Crippen molar-refractivity contribution < 1.29 is 4.74 Å². The zero-order valence-corrected chi connectivity index (χ0v) is 9.08. The van der Waals surface area contributed by atoms with Crippen LogP contribution >= 0.6 is 31.9 Å². The monoisotopic (exact) mass is 270 g/mol. The summed E-state index contributed by atoms with van der Waals surface area (Å²) in [6, 6.07) is 0. The van der Waals surface area contributed by atoms with Gasteiger partial charge in [-0.1, -0.05) is 31.9 Å². The van der Waals surface area contributed by atoms with Crippen LogP contribution in [0.5, 0.6) is 0 Å². The zero-order chi connectivity index (χ0) is 7.45. The van der Waals surface area contributed by atoms with Crippen LogP contribution in [0.25, 0.3) is 0 Å². The quantitative estimate of drug-likeness (QED) is 0.715. The van der Waals surface area contributed by atoms with Crippen LogP contribution in [-0.2, 0) is 4.74 Å². The fraction of sp³-hybridized carbons (Fsp3) is 1.00. The lowest BCUT2D eigenvalue weighted by molar-refractivity contribution is -0.115. The molecule has 0 amide bonds. The number of halogens is 2. The van der Waals surface area contributed by atoms with Crippen molar-refractivity contribution in [2.45, 2.75) is 12.8 Å². The smallest absolute Gasteiger partial charge is 0.0545 e. The third kappa shape index (κ3) is 1.95. The normalized spacial score (nSPS) is 22.2. The van der Waals surface area contributed by atoms with Crippen LogP contribution in [0.4, 0.5) is 0 Å². The highest BCUT2D eigenvalue weighted by molar-refractivity contribution is 9.09. The molecule has 1 aliphatic heterocycles. The van der Waals surface area contributed by atoms with Gasteiger partial charge < -0.3 is 4.74 Å². The number of hydrogen-bond acceptors (Lipinski definition) is 1. The Balaban J connectivity index is 2.27. The molecule has 0 aromatic heterocycles. The summed E-state index contributed by atoms with van der Waals surface area (Å²) >= 11 is 6.92. The van der Waals surface area contributed by atoms with Crippen molar-refractivity contribution in [1.29, 1.82) is 0 Å². The van der Waals surface area contributed by atoms with Gasteiger partial charge in [-0.05, 0) is 12.8 Å². The maximum Gasteiger partial charge on any atom is 0.0545 e. The minimum Gasteiger partial charge on any atom is -0.380 e. The van der Waals surface area contributed by atoms with Gasteiger partial charge >= 0.3 is 0 Å². The van der Waals surface area contributed by atoms with E-state index in [1.807, 2.05) is 0 Å². The average Bonchev–Trinajstić information content (AvgIpc) is 1.84. The van der Waals surface area contributed by atoms with Crippen molar-refractivity contribution in [1.82, 2.24) is 0 Å². The molecular weight excluding hydrogens is 260 g/mol. The van der Waals surface area contributed by atoms with Gasteiger partial charge in [0.25, 0.3) is 0 Å². The summed E-state index contributed by atoms with van der Waals surface area (Å²) in [5.74, 6) is 0. The average molecular weight is 272 g/mol. The summed E-state index contributed by atoms with van der Waals surface area (Å²) in [6.07, 6.45) is 2.50. The number of alkyl halides is 2. The fourth-order valence-electron chi connectivity index (χ4n) is 1.21. The molecule has 0 spiro atoms. The number of ether oxygens (including phenoxy) is 1. The van der Waals surface area contributed by atoms with Gasteiger partial charge in [0.2, 0.25) is 0 Å². The van der Waals surface area contributed by atoms with Crippen LogP contribution < -0.4 is 0 Å². The topological polar surface area (TPSA) is 9.23 Å². The molecular formula is C7H12Br2O. The lowest BCUT2D eigenvalue weighted by Crippen LogP contribution is -2.43.